The normalized spacial score (nSPS) is 10.1. The van der Waals surface area contributed by atoms with Crippen LogP contribution < -0.4 is 15.2 Å². The lowest BCUT2D eigenvalue weighted by atomic mass is 10.0. The third-order valence-corrected chi connectivity index (χ3v) is 2.56. The first-order chi connectivity index (χ1) is 8.22. The second-order valence-electron chi connectivity index (χ2n) is 3.75. The Balaban J connectivity index is 2.83. The molecule has 0 bridgehead atoms. The molecule has 0 aromatic heterocycles. The van der Waals surface area contributed by atoms with Crippen molar-refractivity contribution in [3.05, 3.63) is 23.8 Å². The Bertz CT molecular complexity index is 355. The monoisotopic (exact) mass is 237 g/mol. The van der Waals surface area contributed by atoms with Crippen molar-refractivity contribution in [3.63, 3.8) is 0 Å². The summed E-state index contributed by atoms with van der Waals surface area (Å²) in [6.07, 6.45) is 1.54. The molecule has 0 heterocycles. The van der Waals surface area contributed by atoms with Gasteiger partial charge >= 0.3 is 0 Å². The van der Waals surface area contributed by atoms with E-state index in [1.54, 1.807) is 14.2 Å². The number of nitrogens with two attached hydrogens (primary N) is 1. The van der Waals surface area contributed by atoms with Crippen LogP contribution in [0, 0.1) is 0 Å². The minimum atomic E-state index is 0.151. The Morgan fingerprint density at radius 1 is 1.24 bits per heavy atom. The zero-order chi connectivity index (χ0) is 12.7. The van der Waals surface area contributed by atoms with Gasteiger partial charge in [0.1, 0.15) is 17.3 Å². The number of carbonyl (C=O) groups excluding carboxylic acids is 1. The van der Waals surface area contributed by atoms with Gasteiger partial charge in [0, 0.05) is 18.4 Å². The predicted molar refractivity (Wildman–Crippen MR) is 66.5 cm³/mol. The van der Waals surface area contributed by atoms with Crippen molar-refractivity contribution < 1.29 is 14.3 Å². The maximum absolute atomic E-state index is 11.7. The molecule has 0 radical (unpaired) electrons. The molecule has 17 heavy (non-hydrogen) atoms. The van der Waals surface area contributed by atoms with Gasteiger partial charge in [-0.25, -0.2) is 0 Å². The Morgan fingerprint density at radius 3 is 2.29 bits per heavy atom. The van der Waals surface area contributed by atoms with Gasteiger partial charge in [-0.2, -0.15) is 0 Å². The van der Waals surface area contributed by atoms with Crippen LogP contribution in [0.15, 0.2) is 18.2 Å². The quantitative estimate of drug-likeness (QED) is 0.781. The molecule has 0 fully saturated rings. The zero-order valence-corrected chi connectivity index (χ0v) is 10.4. The number of hydrogen-bond acceptors (Lipinski definition) is 4. The smallest absolute Gasteiger partial charge is 0.137 e. The van der Waals surface area contributed by atoms with Gasteiger partial charge in [-0.15, -0.1) is 0 Å². The molecular weight excluding hydrogens is 218 g/mol. The van der Waals surface area contributed by atoms with E-state index < -0.39 is 0 Å². The topological polar surface area (TPSA) is 61.5 Å². The lowest BCUT2D eigenvalue weighted by Gasteiger charge is -2.12. The van der Waals surface area contributed by atoms with E-state index in [4.69, 9.17) is 15.2 Å². The molecule has 0 unspecified atom stereocenters. The van der Waals surface area contributed by atoms with E-state index in [2.05, 4.69) is 0 Å². The van der Waals surface area contributed by atoms with Gasteiger partial charge in [0.2, 0.25) is 0 Å². The predicted octanol–water partition coefficient (Wildman–Crippen LogP) is 1.55. The molecule has 2 N–H and O–H groups in total. The molecule has 0 saturated carbocycles. The van der Waals surface area contributed by atoms with Crippen LogP contribution in [-0.4, -0.2) is 26.5 Å². The van der Waals surface area contributed by atoms with E-state index in [-0.39, 0.29) is 5.78 Å². The van der Waals surface area contributed by atoms with E-state index in [1.807, 2.05) is 18.2 Å². The molecule has 0 aliphatic rings. The molecular formula is C13H19NO3. The standard InChI is InChI=1S/C13H19NO3/c1-16-12-6-3-7-13(17-2)11(12)9-10(15)5-4-8-14/h3,6-7H,4-5,8-9,14H2,1-2H3. The maximum atomic E-state index is 11.7. The van der Waals surface area contributed by atoms with Gasteiger partial charge in [0.05, 0.1) is 14.2 Å². The highest BCUT2D eigenvalue weighted by atomic mass is 16.5. The van der Waals surface area contributed by atoms with Gasteiger partial charge in [-0.3, -0.25) is 4.79 Å². The SMILES string of the molecule is COc1cccc(OC)c1CC(=O)CCCN. The molecule has 0 amide bonds. The van der Waals surface area contributed by atoms with Crippen molar-refractivity contribution in [2.75, 3.05) is 20.8 Å². The zero-order valence-electron chi connectivity index (χ0n) is 10.4. The molecule has 0 atom stereocenters. The first kappa shape index (κ1) is 13.5. The van der Waals surface area contributed by atoms with Crippen molar-refractivity contribution in [1.29, 1.82) is 0 Å². The Kier molecular flexibility index (Phi) is 5.49. The van der Waals surface area contributed by atoms with Crippen molar-refractivity contribution in [3.8, 4) is 11.5 Å². The number of methoxy groups -OCH3 is 2. The number of ether oxygens (including phenoxy) is 2. The summed E-state index contributed by atoms with van der Waals surface area (Å²) in [5, 5.41) is 0. The summed E-state index contributed by atoms with van der Waals surface area (Å²) in [6, 6.07) is 5.49. The van der Waals surface area contributed by atoms with Gasteiger partial charge < -0.3 is 15.2 Å². The van der Waals surface area contributed by atoms with E-state index in [9.17, 15) is 4.79 Å². The summed E-state index contributed by atoms with van der Waals surface area (Å²) in [7, 11) is 3.17. The van der Waals surface area contributed by atoms with Gasteiger partial charge in [-0.1, -0.05) is 6.07 Å². The van der Waals surface area contributed by atoms with Crippen LogP contribution in [0.25, 0.3) is 0 Å². The van der Waals surface area contributed by atoms with Gasteiger partial charge in [0.15, 0.2) is 0 Å². The van der Waals surface area contributed by atoms with E-state index >= 15 is 0 Å². The molecule has 1 rings (SSSR count). The highest BCUT2D eigenvalue weighted by molar-refractivity contribution is 5.82. The lowest BCUT2D eigenvalue weighted by Crippen LogP contribution is -2.08. The van der Waals surface area contributed by atoms with Crippen LogP contribution in [0.5, 0.6) is 11.5 Å². The molecule has 0 aliphatic heterocycles. The maximum Gasteiger partial charge on any atom is 0.137 e. The fraction of sp³-hybridized carbons (Fsp3) is 0.462. The minimum Gasteiger partial charge on any atom is -0.496 e. The average Bonchev–Trinajstić information content (AvgIpc) is 2.36. The Hall–Kier alpha value is -1.55. The van der Waals surface area contributed by atoms with Gasteiger partial charge in [-0.05, 0) is 25.1 Å². The number of Topliss-reactive ketones (excluding diaryl/α,β-unsaturated/α-hetero) is 1. The molecule has 0 aliphatic carbocycles. The number of rotatable bonds is 7. The van der Waals surface area contributed by atoms with Crippen molar-refractivity contribution >= 4 is 5.78 Å². The third-order valence-electron chi connectivity index (χ3n) is 2.56. The molecule has 94 valence electrons. The lowest BCUT2D eigenvalue weighted by molar-refractivity contribution is -0.118. The van der Waals surface area contributed by atoms with Crippen LogP contribution >= 0.6 is 0 Å². The molecule has 0 saturated heterocycles. The number of ketones is 1. The van der Waals surface area contributed by atoms with Crippen LogP contribution in [-0.2, 0) is 11.2 Å². The van der Waals surface area contributed by atoms with Crippen molar-refractivity contribution in [2.24, 2.45) is 5.73 Å². The first-order valence-corrected chi connectivity index (χ1v) is 5.64. The molecule has 1 aromatic carbocycles. The van der Waals surface area contributed by atoms with Crippen LogP contribution in [0.1, 0.15) is 18.4 Å². The highest BCUT2D eigenvalue weighted by Gasteiger charge is 2.13. The van der Waals surface area contributed by atoms with Crippen LogP contribution in [0.3, 0.4) is 0 Å². The van der Waals surface area contributed by atoms with E-state index in [0.29, 0.717) is 30.9 Å². The largest absolute Gasteiger partial charge is 0.496 e. The Labute approximate surface area is 102 Å². The van der Waals surface area contributed by atoms with Crippen LogP contribution in [0.4, 0.5) is 0 Å². The molecule has 0 spiro atoms. The minimum absolute atomic E-state index is 0.151. The number of benzene rings is 1. The Morgan fingerprint density at radius 2 is 1.82 bits per heavy atom. The van der Waals surface area contributed by atoms with Crippen molar-refractivity contribution in [2.45, 2.75) is 19.3 Å². The summed E-state index contributed by atoms with van der Waals surface area (Å²) >= 11 is 0. The van der Waals surface area contributed by atoms with E-state index in [1.165, 1.54) is 0 Å². The summed E-state index contributed by atoms with van der Waals surface area (Å²) in [5.74, 6) is 1.52. The molecule has 1 aromatic rings. The van der Waals surface area contributed by atoms with E-state index in [0.717, 1.165) is 12.0 Å². The number of carbonyl (C=O) groups is 1. The first-order valence-electron chi connectivity index (χ1n) is 5.64. The molecule has 4 heteroatoms. The summed E-state index contributed by atoms with van der Waals surface area (Å²) in [6.45, 7) is 0.537. The second-order valence-corrected chi connectivity index (χ2v) is 3.75. The summed E-state index contributed by atoms with van der Waals surface area (Å²) in [5.41, 5.74) is 6.19. The molecule has 4 nitrogen and oxygen atoms in total. The fourth-order valence-electron chi connectivity index (χ4n) is 1.69. The third kappa shape index (κ3) is 3.75. The summed E-state index contributed by atoms with van der Waals surface area (Å²) in [4.78, 5) is 11.7. The highest BCUT2D eigenvalue weighted by Crippen LogP contribution is 2.29. The van der Waals surface area contributed by atoms with Crippen LogP contribution in [0.2, 0.25) is 0 Å². The average molecular weight is 237 g/mol. The van der Waals surface area contributed by atoms with Gasteiger partial charge in [0.25, 0.3) is 0 Å². The number of hydrogen-bond donors (Lipinski definition) is 1. The summed E-state index contributed by atoms with van der Waals surface area (Å²) < 4.78 is 10.5. The fourth-order valence-corrected chi connectivity index (χ4v) is 1.69. The van der Waals surface area contributed by atoms with Crippen molar-refractivity contribution in [1.82, 2.24) is 0 Å². The second kappa shape index (κ2) is 6.91.